The summed E-state index contributed by atoms with van der Waals surface area (Å²) in [5.74, 6) is -0.912. The summed E-state index contributed by atoms with van der Waals surface area (Å²) in [5, 5.41) is 9.13. The first-order valence-corrected chi connectivity index (χ1v) is 5.11. The minimum atomic E-state index is -0.912. The number of aliphatic imine (C=N–C) groups is 1. The van der Waals surface area contributed by atoms with Crippen LogP contribution in [-0.2, 0) is 5.54 Å². The van der Waals surface area contributed by atoms with Gasteiger partial charge in [-0.1, -0.05) is 24.3 Å². The van der Waals surface area contributed by atoms with Crippen molar-refractivity contribution in [1.29, 1.82) is 0 Å². The maximum absolute atomic E-state index is 11.1. The Kier molecular flexibility index (Phi) is 2.38. The monoisotopic (exact) mass is 215 g/mol. The zero-order valence-corrected chi connectivity index (χ0v) is 9.27. The number of nitrogens with zero attached hydrogens (tertiary/aromatic N) is 1. The van der Waals surface area contributed by atoms with Crippen LogP contribution >= 0.6 is 0 Å². The Labute approximate surface area is 94.1 Å². The largest absolute Gasteiger partial charge is 0.478 e. The minimum Gasteiger partial charge on any atom is -0.478 e. The van der Waals surface area contributed by atoms with E-state index in [-0.39, 0.29) is 0 Å². The van der Waals surface area contributed by atoms with Gasteiger partial charge in [0.25, 0.3) is 0 Å². The van der Waals surface area contributed by atoms with E-state index < -0.39 is 11.5 Å². The highest BCUT2D eigenvalue weighted by Gasteiger charge is 2.29. The molecule has 0 aromatic heterocycles. The van der Waals surface area contributed by atoms with Crippen LogP contribution in [-0.4, -0.2) is 16.8 Å². The molecule has 3 nitrogen and oxygen atoms in total. The number of carbonyl (C=O) groups is 1. The summed E-state index contributed by atoms with van der Waals surface area (Å²) in [7, 11) is 0. The van der Waals surface area contributed by atoms with E-state index in [0.29, 0.717) is 5.56 Å². The molecule has 0 spiro atoms. The van der Waals surface area contributed by atoms with Crippen molar-refractivity contribution in [3.8, 4) is 0 Å². The van der Waals surface area contributed by atoms with Gasteiger partial charge in [0.2, 0.25) is 0 Å². The standard InChI is InChI=1S/C13H13NO2/c1-9-7-8-13(2,14-9)11-6-4-3-5-10(11)12(15)16/h3-8H,1-2H3,(H,15,16). The fourth-order valence-corrected chi connectivity index (χ4v) is 1.98. The van der Waals surface area contributed by atoms with Gasteiger partial charge in [0, 0.05) is 5.71 Å². The van der Waals surface area contributed by atoms with Gasteiger partial charge in [-0.15, -0.1) is 0 Å². The molecule has 1 aromatic carbocycles. The Balaban J connectivity index is 2.57. The third-order valence-electron chi connectivity index (χ3n) is 2.76. The summed E-state index contributed by atoms with van der Waals surface area (Å²) in [5.41, 5.74) is 1.42. The smallest absolute Gasteiger partial charge is 0.336 e. The van der Waals surface area contributed by atoms with Crippen LogP contribution in [0.5, 0.6) is 0 Å². The van der Waals surface area contributed by atoms with E-state index in [0.717, 1.165) is 11.3 Å². The van der Waals surface area contributed by atoms with Crippen LogP contribution in [0.4, 0.5) is 0 Å². The number of carboxylic acids is 1. The van der Waals surface area contributed by atoms with Crippen molar-refractivity contribution >= 4 is 11.7 Å². The Morgan fingerprint density at radius 2 is 2.06 bits per heavy atom. The van der Waals surface area contributed by atoms with Crippen LogP contribution < -0.4 is 0 Å². The molecule has 1 N–H and O–H groups in total. The van der Waals surface area contributed by atoms with Crippen LogP contribution in [0.1, 0.15) is 29.8 Å². The van der Waals surface area contributed by atoms with Crippen molar-refractivity contribution in [3.63, 3.8) is 0 Å². The highest BCUT2D eigenvalue weighted by molar-refractivity contribution is 5.96. The van der Waals surface area contributed by atoms with E-state index in [2.05, 4.69) is 4.99 Å². The van der Waals surface area contributed by atoms with Gasteiger partial charge in [-0.05, 0) is 31.6 Å². The third-order valence-corrected chi connectivity index (χ3v) is 2.76. The molecule has 1 aromatic rings. The quantitative estimate of drug-likeness (QED) is 0.824. The van der Waals surface area contributed by atoms with Gasteiger partial charge in [-0.3, -0.25) is 4.99 Å². The molecule has 1 atom stereocenters. The number of carboxylic acid groups (broad SMARTS) is 1. The summed E-state index contributed by atoms with van der Waals surface area (Å²) in [6.45, 7) is 3.83. The average molecular weight is 215 g/mol. The number of benzene rings is 1. The molecule has 0 amide bonds. The number of aromatic carboxylic acids is 1. The summed E-state index contributed by atoms with van der Waals surface area (Å²) >= 11 is 0. The molecule has 1 aliphatic heterocycles. The van der Waals surface area contributed by atoms with Gasteiger partial charge in [0.05, 0.1) is 5.56 Å². The molecule has 0 saturated carbocycles. The molecule has 1 unspecified atom stereocenters. The van der Waals surface area contributed by atoms with Gasteiger partial charge < -0.3 is 5.11 Å². The zero-order chi connectivity index (χ0) is 11.8. The summed E-state index contributed by atoms with van der Waals surface area (Å²) < 4.78 is 0. The fraction of sp³-hybridized carbons (Fsp3) is 0.231. The molecule has 2 rings (SSSR count). The van der Waals surface area contributed by atoms with Gasteiger partial charge in [0.15, 0.2) is 0 Å². The molecule has 0 bridgehead atoms. The van der Waals surface area contributed by atoms with E-state index in [9.17, 15) is 4.79 Å². The Morgan fingerprint density at radius 3 is 2.62 bits per heavy atom. The molecule has 3 heteroatoms. The minimum absolute atomic E-state index is 0.313. The zero-order valence-electron chi connectivity index (χ0n) is 9.27. The van der Waals surface area contributed by atoms with Crippen LogP contribution in [0.25, 0.3) is 0 Å². The van der Waals surface area contributed by atoms with Crippen LogP contribution in [0, 0.1) is 0 Å². The van der Waals surface area contributed by atoms with Crippen molar-refractivity contribution in [1.82, 2.24) is 0 Å². The van der Waals surface area contributed by atoms with E-state index in [4.69, 9.17) is 5.11 Å². The second-order valence-electron chi connectivity index (χ2n) is 4.08. The number of hydrogen-bond donors (Lipinski definition) is 1. The van der Waals surface area contributed by atoms with Crippen LogP contribution in [0.15, 0.2) is 41.4 Å². The van der Waals surface area contributed by atoms with E-state index in [1.54, 1.807) is 12.1 Å². The SMILES string of the molecule is CC1=NC(C)(c2ccccc2C(=O)O)C=C1. The molecule has 1 aliphatic rings. The van der Waals surface area contributed by atoms with Gasteiger partial charge in [-0.2, -0.15) is 0 Å². The van der Waals surface area contributed by atoms with Crippen molar-refractivity contribution in [2.45, 2.75) is 19.4 Å². The van der Waals surface area contributed by atoms with Crippen LogP contribution in [0.2, 0.25) is 0 Å². The second kappa shape index (κ2) is 3.59. The maximum atomic E-state index is 11.1. The topological polar surface area (TPSA) is 49.7 Å². The fourth-order valence-electron chi connectivity index (χ4n) is 1.98. The van der Waals surface area contributed by atoms with Gasteiger partial charge >= 0.3 is 5.97 Å². The Morgan fingerprint density at radius 1 is 1.38 bits per heavy atom. The van der Waals surface area contributed by atoms with Crippen molar-refractivity contribution in [3.05, 3.63) is 47.5 Å². The molecule has 0 fully saturated rings. The lowest BCUT2D eigenvalue weighted by molar-refractivity contribution is 0.0694. The lowest BCUT2D eigenvalue weighted by atomic mass is 9.89. The van der Waals surface area contributed by atoms with E-state index in [1.165, 1.54) is 0 Å². The van der Waals surface area contributed by atoms with E-state index in [1.807, 2.05) is 38.1 Å². The Bertz CT molecular complexity index is 502. The highest BCUT2D eigenvalue weighted by Crippen LogP contribution is 2.33. The third kappa shape index (κ3) is 1.65. The predicted molar refractivity (Wildman–Crippen MR) is 63.0 cm³/mol. The van der Waals surface area contributed by atoms with Crippen LogP contribution in [0.3, 0.4) is 0 Å². The molecule has 0 aliphatic carbocycles. The molecule has 0 saturated heterocycles. The van der Waals surface area contributed by atoms with Gasteiger partial charge in [0.1, 0.15) is 5.54 Å². The summed E-state index contributed by atoms with van der Waals surface area (Å²) in [4.78, 5) is 15.6. The predicted octanol–water partition coefficient (Wildman–Crippen LogP) is 2.63. The summed E-state index contributed by atoms with van der Waals surface area (Å²) in [6, 6.07) is 6.99. The van der Waals surface area contributed by atoms with Crippen molar-refractivity contribution < 1.29 is 9.90 Å². The molecular formula is C13H13NO2. The summed E-state index contributed by atoms with van der Waals surface area (Å²) in [6.07, 6.45) is 3.85. The van der Waals surface area contributed by atoms with Gasteiger partial charge in [-0.25, -0.2) is 4.79 Å². The van der Waals surface area contributed by atoms with E-state index >= 15 is 0 Å². The second-order valence-corrected chi connectivity index (χ2v) is 4.08. The first-order chi connectivity index (χ1) is 7.53. The maximum Gasteiger partial charge on any atom is 0.336 e. The normalized spacial score (nSPS) is 23.2. The molecule has 1 heterocycles. The van der Waals surface area contributed by atoms with Crippen molar-refractivity contribution in [2.24, 2.45) is 4.99 Å². The number of allylic oxidation sites excluding steroid dienone is 1. The Hall–Kier alpha value is -1.90. The van der Waals surface area contributed by atoms with Crippen molar-refractivity contribution in [2.75, 3.05) is 0 Å². The number of hydrogen-bond acceptors (Lipinski definition) is 2. The molecule has 82 valence electrons. The lowest BCUT2D eigenvalue weighted by Gasteiger charge is -2.21. The molecule has 0 radical (unpaired) electrons. The number of rotatable bonds is 2. The highest BCUT2D eigenvalue weighted by atomic mass is 16.4. The first kappa shape index (κ1) is 10.6. The molecule has 16 heavy (non-hydrogen) atoms. The lowest BCUT2D eigenvalue weighted by Crippen LogP contribution is -2.18. The average Bonchev–Trinajstić information content (AvgIpc) is 2.60. The first-order valence-electron chi connectivity index (χ1n) is 5.11. The molecular weight excluding hydrogens is 202 g/mol.